The minimum absolute atomic E-state index is 0.383. The predicted molar refractivity (Wildman–Crippen MR) is 113 cm³/mol. The quantitative estimate of drug-likeness (QED) is 0.574. The molecule has 0 amide bonds. The Bertz CT molecular complexity index is 944. The molecule has 1 N–H and O–H groups in total. The van der Waals surface area contributed by atoms with E-state index in [0.29, 0.717) is 22.9 Å². The number of hydrogen-bond donors (Lipinski definition) is 1. The number of ether oxygens (including phenoxy) is 1. The Balaban J connectivity index is 0.00000124. The van der Waals surface area contributed by atoms with Crippen LogP contribution in [0.3, 0.4) is 0 Å². The molecule has 4 nitrogen and oxygen atoms in total. The SMILES string of the molecule is CC.CN(Cc1ccc(-c2nc3ccc(C(F)(F)F)cc3[nH]2)cc1)C1CCOCC1. The molecule has 7 heteroatoms. The molecule has 30 heavy (non-hydrogen) atoms. The first-order valence-electron chi connectivity index (χ1n) is 10.3. The summed E-state index contributed by atoms with van der Waals surface area (Å²) < 4.78 is 44.1. The van der Waals surface area contributed by atoms with Gasteiger partial charge in [0, 0.05) is 31.4 Å². The van der Waals surface area contributed by atoms with E-state index in [9.17, 15) is 13.2 Å². The van der Waals surface area contributed by atoms with Gasteiger partial charge in [-0.25, -0.2) is 4.98 Å². The number of nitrogens with zero attached hydrogens (tertiary/aromatic N) is 2. The van der Waals surface area contributed by atoms with Gasteiger partial charge in [0.2, 0.25) is 0 Å². The molecule has 0 aliphatic carbocycles. The van der Waals surface area contributed by atoms with Crippen LogP contribution in [-0.4, -0.2) is 41.2 Å². The fourth-order valence-corrected chi connectivity index (χ4v) is 3.63. The van der Waals surface area contributed by atoms with Crippen LogP contribution < -0.4 is 0 Å². The first-order chi connectivity index (χ1) is 14.4. The molecule has 0 atom stereocenters. The van der Waals surface area contributed by atoms with Crippen molar-refractivity contribution in [2.45, 2.75) is 45.5 Å². The Morgan fingerprint density at radius 2 is 1.73 bits per heavy atom. The van der Waals surface area contributed by atoms with E-state index >= 15 is 0 Å². The summed E-state index contributed by atoms with van der Waals surface area (Å²) in [6, 6.07) is 12.1. The zero-order valence-electron chi connectivity index (χ0n) is 17.6. The molecular formula is C23H28F3N3O. The second kappa shape index (κ2) is 9.62. The Hall–Kier alpha value is -2.38. The van der Waals surface area contributed by atoms with Crippen LogP contribution in [-0.2, 0) is 17.5 Å². The number of aromatic amines is 1. The van der Waals surface area contributed by atoms with Gasteiger partial charge in [0.05, 0.1) is 16.6 Å². The van der Waals surface area contributed by atoms with Gasteiger partial charge in [0.15, 0.2) is 0 Å². The highest BCUT2D eigenvalue weighted by Gasteiger charge is 2.30. The standard InChI is InChI=1S/C21H22F3N3O.C2H6/c1-27(17-8-10-28-11-9-17)13-14-2-4-15(5-3-14)20-25-18-7-6-16(21(22,23)24)12-19(18)26-20;1-2/h2-7,12,17H,8-11,13H2,1H3,(H,25,26);1-2H3. The van der Waals surface area contributed by atoms with Gasteiger partial charge in [-0.05, 0) is 43.7 Å². The molecule has 0 spiro atoms. The van der Waals surface area contributed by atoms with Crippen molar-refractivity contribution < 1.29 is 17.9 Å². The molecule has 1 aliphatic heterocycles. The highest BCUT2D eigenvalue weighted by atomic mass is 19.4. The second-order valence-electron chi connectivity index (χ2n) is 7.27. The lowest BCUT2D eigenvalue weighted by Crippen LogP contribution is -2.36. The third-order valence-electron chi connectivity index (χ3n) is 5.28. The number of H-pyrrole nitrogens is 1. The van der Waals surface area contributed by atoms with Gasteiger partial charge >= 0.3 is 6.18 Å². The van der Waals surface area contributed by atoms with Gasteiger partial charge in [-0.2, -0.15) is 13.2 Å². The van der Waals surface area contributed by atoms with Gasteiger partial charge in [-0.3, -0.25) is 4.90 Å². The van der Waals surface area contributed by atoms with Crippen molar-refractivity contribution in [1.29, 1.82) is 0 Å². The van der Waals surface area contributed by atoms with Gasteiger partial charge in [-0.15, -0.1) is 0 Å². The van der Waals surface area contributed by atoms with Gasteiger partial charge in [-0.1, -0.05) is 38.1 Å². The maximum Gasteiger partial charge on any atom is 0.416 e. The highest BCUT2D eigenvalue weighted by Crippen LogP contribution is 2.31. The molecule has 0 radical (unpaired) electrons. The summed E-state index contributed by atoms with van der Waals surface area (Å²) in [5, 5.41) is 0. The molecule has 4 rings (SSSR count). The molecule has 0 bridgehead atoms. The smallest absolute Gasteiger partial charge is 0.381 e. The molecule has 162 valence electrons. The maximum atomic E-state index is 12.9. The van der Waals surface area contributed by atoms with Crippen molar-refractivity contribution in [3.05, 3.63) is 53.6 Å². The third kappa shape index (κ3) is 5.21. The minimum atomic E-state index is -4.36. The van der Waals surface area contributed by atoms with Crippen molar-refractivity contribution >= 4 is 11.0 Å². The average Bonchev–Trinajstić information content (AvgIpc) is 3.19. The van der Waals surface area contributed by atoms with Crippen LogP contribution in [0.25, 0.3) is 22.4 Å². The lowest BCUT2D eigenvalue weighted by Gasteiger charge is -2.31. The predicted octanol–water partition coefficient (Wildman–Crippen LogP) is 5.89. The van der Waals surface area contributed by atoms with E-state index in [1.807, 2.05) is 38.1 Å². The van der Waals surface area contributed by atoms with Crippen LogP contribution in [0.15, 0.2) is 42.5 Å². The molecule has 1 aromatic heterocycles. The Labute approximate surface area is 175 Å². The largest absolute Gasteiger partial charge is 0.416 e. The summed E-state index contributed by atoms with van der Waals surface area (Å²) in [6.45, 7) is 6.48. The Morgan fingerprint density at radius 1 is 1.07 bits per heavy atom. The van der Waals surface area contributed by atoms with Crippen LogP contribution in [0.5, 0.6) is 0 Å². The van der Waals surface area contributed by atoms with Gasteiger partial charge < -0.3 is 9.72 Å². The summed E-state index contributed by atoms with van der Waals surface area (Å²) in [5.74, 6) is 0.568. The van der Waals surface area contributed by atoms with E-state index in [-0.39, 0.29) is 0 Å². The van der Waals surface area contributed by atoms with Gasteiger partial charge in [0.25, 0.3) is 0 Å². The maximum absolute atomic E-state index is 12.9. The number of alkyl halides is 3. The Kier molecular flexibility index (Phi) is 7.15. The lowest BCUT2D eigenvalue weighted by molar-refractivity contribution is -0.137. The molecule has 2 aromatic carbocycles. The number of imidazole rings is 1. The number of halogens is 3. The number of benzene rings is 2. The molecule has 3 aromatic rings. The molecule has 0 unspecified atom stereocenters. The average molecular weight is 419 g/mol. The van der Waals surface area contributed by atoms with E-state index in [0.717, 1.165) is 50.3 Å². The first-order valence-corrected chi connectivity index (χ1v) is 10.3. The molecule has 1 saturated heterocycles. The lowest BCUT2D eigenvalue weighted by atomic mass is 10.1. The minimum Gasteiger partial charge on any atom is -0.381 e. The van der Waals surface area contributed by atoms with E-state index < -0.39 is 11.7 Å². The molecular weight excluding hydrogens is 391 g/mol. The van der Waals surface area contributed by atoms with Gasteiger partial charge in [0.1, 0.15) is 5.82 Å². The number of hydrogen-bond acceptors (Lipinski definition) is 3. The van der Waals surface area contributed by atoms with Crippen LogP contribution in [0.4, 0.5) is 13.2 Å². The normalized spacial score (nSPS) is 15.3. The van der Waals surface area contributed by atoms with Crippen molar-refractivity contribution in [3.8, 4) is 11.4 Å². The molecule has 1 aliphatic rings. The first kappa shape index (κ1) is 22.3. The number of fused-ring (bicyclic) bond motifs is 1. The number of nitrogens with one attached hydrogen (secondary N) is 1. The zero-order valence-corrected chi connectivity index (χ0v) is 17.6. The van der Waals surface area contributed by atoms with Crippen LogP contribution in [0.2, 0.25) is 0 Å². The van der Waals surface area contributed by atoms with Crippen LogP contribution in [0, 0.1) is 0 Å². The van der Waals surface area contributed by atoms with Crippen molar-refractivity contribution in [2.24, 2.45) is 0 Å². The fraction of sp³-hybridized carbons (Fsp3) is 0.435. The third-order valence-corrected chi connectivity index (χ3v) is 5.28. The highest BCUT2D eigenvalue weighted by molar-refractivity contribution is 5.80. The topological polar surface area (TPSA) is 41.2 Å². The number of aromatic nitrogens is 2. The summed E-state index contributed by atoms with van der Waals surface area (Å²) >= 11 is 0. The molecule has 2 heterocycles. The van der Waals surface area contributed by atoms with Crippen molar-refractivity contribution in [3.63, 3.8) is 0 Å². The van der Waals surface area contributed by atoms with Crippen LogP contribution >= 0.6 is 0 Å². The Morgan fingerprint density at radius 3 is 2.37 bits per heavy atom. The number of rotatable bonds is 4. The summed E-state index contributed by atoms with van der Waals surface area (Å²) in [4.78, 5) is 9.77. The van der Waals surface area contributed by atoms with E-state index in [4.69, 9.17) is 4.74 Å². The van der Waals surface area contributed by atoms with E-state index in [2.05, 4.69) is 21.9 Å². The summed E-state index contributed by atoms with van der Waals surface area (Å²) in [6.07, 6.45) is -2.27. The second-order valence-corrected chi connectivity index (χ2v) is 7.27. The zero-order chi connectivity index (χ0) is 21.7. The van der Waals surface area contributed by atoms with Crippen molar-refractivity contribution in [1.82, 2.24) is 14.9 Å². The van der Waals surface area contributed by atoms with E-state index in [1.54, 1.807) is 0 Å². The summed E-state index contributed by atoms with van der Waals surface area (Å²) in [7, 11) is 2.13. The summed E-state index contributed by atoms with van der Waals surface area (Å²) in [5.41, 5.74) is 2.26. The molecule has 0 saturated carbocycles. The van der Waals surface area contributed by atoms with E-state index in [1.165, 1.54) is 11.6 Å². The van der Waals surface area contributed by atoms with Crippen LogP contribution in [0.1, 0.15) is 37.8 Å². The molecule has 1 fully saturated rings. The monoisotopic (exact) mass is 419 g/mol. The van der Waals surface area contributed by atoms with Crippen molar-refractivity contribution in [2.75, 3.05) is 20.3 Å². The fourth-order valence-electron chi connectivity index (χ4n) is 3.63.